The van der Waals surface area contributed by atoms with Crippen LogP contribution in [0.25, 0.3) is 0 Å². The van der Waals surface area contributed by atoms with Gasteiger partial charge < -0.3 is 5.32 Å². The maximum absolute atomic E-state index is 13.4. The lowest BCUT2D eigenvalue weighted by Gasteiger charge is -2.09. The first kappa shape index (κ1) is 14.0. The van der Waals surface area contributed by atoms with E-state index in [4.69, 9.17) is 0 Å². The summed E-state index contributed by atoms with van der Waals surface area (Å²) in [6.07, 6.45) is -3.44. The molecule has 106 valence electrons. The second-order valence-electron chi connectivity index (χ2n) is 3.81. The minimum Gasteiger partial charge on any atom is -0.345 e. The third kappa shape index (κ3) is 3.11. The smallest absolute Gasteiger partial charge is 0.345 e. The lowest BCUT2D eigenvalue weighted by molar-refractivity contribution is -0.137. The van der Waals surface area contributed by atoms with Gasteiger partial charge in [0.1, 0.15) is 18.0 Å². The molecule has 0 aliphatic carbocycles. The first-order chi connectivity index (χ1) is 9.38. The highest BCUT2D eigenvalue weighted by Gasteiger charge is 2.31. The Labute approximate surface area is 110 Å². The molecule has 9 heteroatoms. The molecule has 0 spiro atoms. The summed E-state index contributed by atoms with van der Waals surface area (Å²) in [6.45, 7) is -0.103. The number of benzene rings is 1. The second-order valence-corrected chi connectivity index (χ2v) is 3.81. The molecule has 5 nitrogen and oxygen atoms in total. The van der Waals surface area contributed by atoms with Crippen LogP contribution < -0.4 is 5.32 Å². The van der Waals surface area contributed by atoms with Crippen LogP contribution in [-0.4, -0.2) is 21.1 Å². The first-order valence-corrected chi connectivity index (χ1v) is 5.37. The fourth-order valence-corrected chi connectivity index (χ4v) is 1.45. The van der Waals surface area contributed by atoms with Crippen molar-refractivity contribution in [2.45, 2.75) is 12.7 Å². The van der Waals surface area contributed by atoms with Crippen LogP contribution in [0.5, 0.6) is 0 Å². The molecule has 0 aliphatic heterocycles. The third-order valence-corrected chi connectivity index (χ3v) is 2.42. The molecule has 0 bridgehead atoms. The Balaban J connectivity index is 2.16. The van der Waals surface area contributed by atoms with E-state index in [0.29, 0.717) is 24.0 Å². The monoisotopic (exact) mass is 288 g/mol. The Morgan fingerprint density at radius 3 is 2.70 bits per heavy atom. The minimum atomic E-state index is -4.65. The molecule has 1 aromatic heterocycles. The van der Waals surface area contributed by atoms with Crippen molar-refractivity contribution in [1.82, 2.24) is 20.5 Å². The first-order valence-electron chi connectivity index (χ1n) is 5.37. The molecular formula is C11H8F4N4O. The summed E-state index contributed by atoms with van der Waals surface area (Å²) in [5.41, 5.74) is -1.77. The number of alkyl halides is 3. The number of halogens is 4. The van der Waals surface area contributed by atoms with Gasteiger partial charge in [0.05, 0.1) is 17.7 Å². The maximum Gasteiger partial charge on any atom is 0.416 e. The van der Waals surface area contributed by atoms with Gasteiger partial charge in [-0.3, -0.25) is 9.89 Å². The van der Waals surface area contributed by atoms with Gasteiger partial charge in [-0.1, -0.05) is 0 Å². The highest BCUT2D eigenvalue weighted by Crippen LogP contribution is 2.30. The van der Waals surface area contributed by atoms with E-state index in [0.717, 1.165) is 0 Å². The average molecular weight is 288 g/mol. The molecule has 2 N–H and O–H groups in total. The molecule has 0 saturated heterocycles. The van der Waals surface area contributed by atoms with Gasteiger partial charge in [-0.25, -0.2) is 9.37 Å². The Morgan fingerprint density at radius 1 is 1.35 bits per heavy atom. The molecule has 20 heavy (non-hydrogen) atoms. The van der Waals surface area contributed by atoms with Crippen molar-refractivity contribution in [2.24, 2.45) is 0 Å². The molecule has 1 heterocycles. The van der Waals surface area contributed by atoms with E-state index < -0.39 is 29.0 Å². The summed E-state index contributed by atoms with van der Waals surface area (Å²) < 4.78 is 50.9. The van der Waals surface area contributed by atoms with E-state index in [2.05, 4.69) is 20.5 Å². The molecule has 0 atom stereocenters. The van der Waals surface area contributed by atoms with Crippen molar-refractivity contribution in [3.63, 3.8) is 0 Å². The zero-order valence-corrected chi connectivity index (χ0v) is 9.83. The minimum absolute atomic E-state index is 0.103. The Bertz CT molecular complexity index is 609. The summed E-state index contributed by atoms with van der Waals surface area (Å²) in [7, 11) is 0. The van der Waals surface area contributed by atoms with Crippen molar-refractivity contribution in [1.29, 1.82) is 0 Å². The molecule has 0 aliphatic rings. The SMILES string of the molecule is O=C(NCc1ncn[nH]1)c1cc(C(F)(F)F)ccc1F. The molecular weight excluding hydrogens is 280 g/mol. The van der Waals surface area contributed by atoms with Gasteiger partial charge in [-0.2, -0.15) is 18.3 Å². The zero-order chi connectivity index (χ0) is 14.8. The molecule has 0 fully saturated rings. The summed E-state index contributed by atoms with van der Waals surface area (Å²) in [6, 6.07) is 1.64. The fraction of sp³-hybridized carbons (Fsp3) is 0.182. The van der Waals surface area contributed by atoms with Gasteiger partial charge in [0.15, 0.2) is 0 Å². The van der Waals surface area contributed by atoms with E-state index in [1.807, 2.05) is 0 Å². The summed E-state index contributed by atoms with van der Waals surface area (Å²) >= 11 is 0. The average Bonchev–Trinajstić information content (AvgIpc) is 2.88. The van der Waals surface area contributed by atoms with Crippen LogP contribution in [0, 0.1) is 5.82 Å². The maximum atomic E-state index is 13.4. The van der Waals surface area contributed by atoms with Crippen molar-refractivity contribution in [3.8, 4) is 0 Å². The van der Waals surface area contributed by atoms with Crippen LogP contribution >= 0.6 is 0 Å². The Kier molecular flexibility index (Phi) is 3.68. The van der Waals surface area contributed by atoms with Gasteiger partial charge in [0.25, 0.3) is 5.91 Å². The zero-order valence-electron chi connectivity index (χ0n) is 9.83. The quantitative estimate of drug-likeness (QED) is 0.847. The van der Waals surface area contributed by atoms with Gasteiger partial charge in [-0.15, -0.1) is 0 Å². The van der Waals surface area contributed by atoms with Crippen LogP contribution in [0.1, 0.15) is 21.7 Å². The van der Waals surface area contributed by atoms with Crippen LogP contribution in [0.2, 0.25) is 0 Å². The van der Waals surface area contributed by atoms with Crippen LogP contribution in [0.4, 0.5) is 17.6 Å². The van der Waals surface area contributed by atoms with E-state index in [-0.39, 0.29) is 6.54 Å². The molecule has 1 amide bonds. The van der Waals surface area contributed by atoms with Gasteiger partial charge >= 0.3 is 6.18 Å². The molecule has 0 unspecified atom stereocenters. The summed E-state index contributed by atoms with van der Waals surface area (Å²) in [5, 5.41) is 8.21. The molecule has 0 saturated carbocycles. The van der Waals surface area contributed by atoms with E-state index in [9.17, 15) is 22.4 Å². The normalized spacial score (nSPS) is 11.4. The number of carbonyl (C=O) groups is 1. The number of carbonyl (C=O) groups excluding carboxylic acids is 1. The number of rotatable bonds is 3. The van der Waals surface area contributed by atoms with Gasteiger partial charge in [-0.05, 0) is 18.2 Å². The highest BCUT2D eigenvalue weighted by molar-refractivity contribution is 5.94. The number of H-pyrrole nitrogens is 1. The lowest BCUT2D eigenvalue weighted by atomic mass is 10.1. The molecule has 1 aromatic carbocycles. The number of aromatic amines is 1. The topological polar surface area (TPSA) is 70.7 Å². The summed E-state index contributed by atoms with van der Waals surface area (Å²) in [4.78, 5) is 15.4. The van der Waals surface area contributed by atoms with E-state index >= 15 is 0 Å². The number of aromatic nitrogens is 3. The van der Waals surface area contributed by atoms with Gasteiger partial charge in [0.2, 0.25) is 0 Å². The van der Waals surface area contributed by atoms with Crippen molar-refractivity contribution >= 4 is 5.91 Å². The highest BCUT2D eigenvalue weighted by atomic mass is 19.4. The molecule has 0 radical (unpaired) electrons. The van der Waals surface area contributed by atoms with Crippen LogP contribution in [0.15, 0.2) is 24.5 Å². The van der Waals surface area contributed by atoms with Crippen LogP contribution in [0.3, 0.4) is 0 Å². The van der Waals surface area contributed by atoms with Crippen molar-refractivity contribution in [3.05, 3.63) is 47.3 Å². The van der Waals surface area contributed by atoms with Crippen molar-refractivity contribution in [2.75, 3.05) is 0 Å². The van der Waals surface area contributed by atoms with Crippen LogP contribution in [-0.2, 0) is 12.7 Å². The Hall–Kier alpha value is -2.45. The van der Waals surface area contributed by atoms with E-state index in [1.165, 1.54) is 6.33 Å². The number of hydrogen-bond donors (Lipinski definition) is 2. The standard InChI is InChI=1S/C11H8F4N4O/c12-8-2-1-6(11(13,14)15)3-7(8)10(20)16-4-9-17-5-18-19-9/h1-3,5H,4H2,(H,16,20)(H,17,18,19). The predicted molar refractivity (Wildman–Crippen MR) is 59.0 cm³/mol. The van der Waals surface area contributed by atoms with E-state index in [1.54, 1.807) is 0 Å². The van der Waals surface area contributed by atoms with Crippen molar-refractivity contribution < 1.29 is 22.4 Å². The fourth-order valence-electron chi connectivity index (χ4n) is 1.45. The number of amides is 1. The Morgan fingerprint density at radius 2 is 2.10 bits per heavy atom. The lowest BCUT2D eigenvalue weighted by Crippen LogP contribution is -2.25. The number of hydrogen-bond acceptors (Lipinski definition) is 3. The molecule has 2 aromatic rings. The molecule has 2 rings (SSSR count). The number of nitrogens with one attached hydrogen (secondary N) is 2. The predicted octanol–water partition coefficient (Wildman–Crippen LogP) is 1.89. The number of nitrogens with zero attached hydrogens (tertiary/aromatic N) is 2. The summed E-state index contributed by atoms with van der Waals surface area (Å²) in [5.74, 6) is -1.70. The largest absolute Gasteiger partial charge is 0.416 e. The van der Waals surface area contributed by atoms with Gasteiger partial charge in [0, 0.05) is 0 Å². The third-order valence-electron chi connectivity index (χ3n) is 2.42. The second kappa shape index (κ2) is 5.27.